The first-order valence-electron chi connectivity index (χ1n) is 7.74. The van der Waals surface area contributed by atoms with Crippen LogP contribution in [0.4, 0.5) is 8.78 Å². The Hall–Kier alpha value is -3.26. The predicted octanol–water partition coefficient (Wildman–Crippen LogP) is 3.19. The van der Waals surface area contributed by atoms with Gasteiger partial charge in [0.25, 0.3) is 11.8 Å². The maximum absolute atomic E-state index is 13.6. The smallest absolute Gasteiger partial charge is 0.267 e. The van der Waals surface area contributed by atoms with Gasteiger partial charge in [-0.1, -0.05) is 23.7 Å². The van der Waals surface area contributed by atoms with Gasteiger partial charge in [0.05, 0.1) is 16.9 Å². The summed E-state index contributed by atoms with van der Waals surface area (Å²) in [6.07, 6.45) is 0. The van der Waals surface area contributed by atoms with E-state index in [4.69, 9.17) is 11.6 Å². The molecule has 0 aliphatic heterocycles. The molecule has 0 fully saturated rings. The summed E-state index contributed by atoms with van der Waals surface area (Å²) in [6.45, 7) is 1.56. The Bertz CT molecular complexity index is 1020. The lowest BCUT2D eigenvalue weighted by atomic mass is 10.2. The van der Waals surface area contributed by atoms with Gasteiger partial charge in [-0.25, -0.2) is 13.5 Å². The van der Waals surface area contributed by atoms with E-state index in [2.05, 4.69) is 16.0 Å². The van der Waals surface area contributed by atoms with Gasteiger partial charge in [-0.05, 0) is 43.3 Å². The summed E-state index contributed by atoms with van der Waals surface area (Å²) in [5.41, 5.74) is 4.86. The van der Waals surface area contributed by atoms with Crippen molar-refractivity contribution in [1.29, 1.82) is 0 Å². The van der Waals surface area contributed by atoms with Crippen molar-refractivity contribution in [3.05, 3.63) is 82.1 Å². The minimum absolute atomic E-state index is 0.0169. The molecule has 3 aromatic rings. The van der Waals surface area contributed by atoms with Crippen LogP contribution >= 0.6 is 11.6 Å². The van der Waals surface area contributed by atoms with Gasteiger partial charge in [0.1, 0.15) is 22.4 Å². The lowest BCUT2D eigenvalue weighted by Crippen LogP contribution is -2.42. The van der Waals surface area contributed by atoms with Gasteiger partial charge in [0, 0.05) is 0 Å². The molecule has 9 heteroatoms. The molecule has 2 amide bonds. The molecule has 2 N–H and O–H groups in total. The third-order valence-corrected chi connectivity index (χ3v) is 4.06. The molecule has 0 saturated carbocycles. The van der Waals surface area contributed by atoms with Crippen molar-refractivity contribution in [3.8, 4) is 5.69 Å². The van der Waals surface area contributed by atoms with Crippen LogP contribution in [0.5, 0.6) is 0 Å². The van der Waals surface area contributed by atoms with Gasteiger partial charge in [-0.2, -0.15) is 5.10 Å². The third-order valence-electron chi connectivity index (χ3n) is 3.71. The first-order valence-corrected chi connectivity index (χ1v) is 8.12. The van der Waals surface area contributed by atoms with E-state index >= 15 is 0 Å². The van der Waals surface area contributed by atoms with Crippen LogP contribution < -0.4 is 10.9 Å². The van der Waals surface area contributed by atoms with Crippen LogP contribution in [0.15, 0.2) is 48.5 Å². The number of rotatable bonds is 3. The number of carbonyl (C=O) groups is 2. The Labute approximate surface area is 157 Å². The molecule has 2 aromatic carbocycles. The van der Waals surface area contributed by atoms with E-state index in [-0.39, 0.29) is 16.3 Å². The van der Waals surface area contributed by atoms with Gasteiger partial charge in [0.2, 0.25) is 0 Å². The van der Waals surface area contributed by atoms with E-state index in [9.17, 15) is 18.4 Å². The summed E-state index contributed by atoms with van der Waals surface area (Å²) in [7, 11) is 0. The maximum Gasteiger partial charge on any atom is 0.274 e. The summed E-state index contributed by atoms with van der Waals surface area (Å²) in [5.74, 6) is -2.69. The van der Waals surface area contributed by atoms with E-state index in [0.717, 1.165) is 6.07 Å². The van der Waals surface area contributed by atoms with Crippen molar-refractivity contribution in [3.63, 3.8) is 0 Å². The standard InChI is InChI=1S/C18H13ClF2N4O2/c1-10-15(16(19)25(24-10)12-8-6-11(20)7-9-12)18(27)23-22-17(26)13-4-2-3-5-14(13)21/h2-9H,1H3,(H,22,26)(H,23,27). The van der Waals surface area contributed by atoms with E-state index in [1.54, 1.807) is 6.92 Å². The minimum Gasteiger partial charge on any atom is -0.267 e. The topological polar surface area (TPSA) is 76.0 Å². The van der Waals surface area contributed by atoms with Crippen LogP contribution in [-0.4, -0.2) is 21.6 Å². The molecule has 6 nitrogen and oxygen atoms in total. The van der Waals surface area contributed by atoms with Crippen LogP contribution in [0.3, 0.4) is 0 Å². The zero-order valence-electron chi connectivity index (χ0n) is 14.0. The number of hydrogen-bond acceptors (Lipinski definition) is 3. The molecule has 27 heavy (non-hydrogen) atoms. The quantitative estimate of drug-likeness (QED) is 0.674. The number of carbonyl (C=O) groups excluding carboxylic acids is 2. The van der Waals surface area contributed by atoms with Gasteiger partial charge in [-0.3, -0.25) is 20.4 Å². The molecular weight excluding hydrogens is 378 g/mol. The number of hydrogen-bond donors (Lipinski definition) is 2. The van der Waals surface area contributed by atoms with Crippen molar-refractivity contribution >= 4 is 23.4 Å². The Kier molecular flexibility index (Phi) is 5.18. The molecule has 0 unspecified atom stereocenters. The van der Waals surface area contributed by atoms with E-state index < -0.39 is 23.4 Å². The summed E-state index contributed by atoms with van der Waals surface area (Å²) < 4.78 is 27.9. The largest absolute Gasteiger partial charge is 0.274 e. The van der Waals surface area contributed by atoms with Crippen molar-refractivity contribution < 1.29 is 18.4 Å². The fourth-order valence-electron chi connectivity index (χ4n) is 2.40. The second kappa shape index (κ2) is 7.55. The molecule has 138 valence electrons. The second-order valence-corrected chi connectivity index (χ2v) is 5.89. The lowest BCUT2D eigenvalue weighted by Gasteiger charge is -2.08. The van der Waals surface area contributed by atoms with Crippen LogP contribution in [0.25, 0.3) is 5.69 Å². The molecule has 0 bridgehead atoms. The van der Waals surface area contributed by atoms with E-state index in [1.165, 1.54) is 47.1 Å². The number of benzene rings is 2. The van der Waals surface area contributed by atoms with Crippen LogP contribution in [0.2, 0.25) is 5.15 Å². The fraction of sp³-hybridized carbons (Fsp3) is 0.0556. The van der Waals surface area contributed by atoms with Gasteiger partial charge in [-0.15, -0.1) is 0 Å². The number of aromatic nitrogens is 2. The first kappa shape index (κ1) is 18.5. The fourth-order valence-corrected chi connectivity index (χ4v) is 2.76. The first-order chi connectivity index (χ1) is 12.9. The molecule has 0 radical (unpaired) electrons. The number of nitrogens with zero attached hydrogens (tertiary/aromatic N) is 2. The molecule has 0 aliphatic rings. The van der Waals surface area contributed by atoms with Crippen molar-refractivity contribution in [2.45, 2.75) is 6.92 Å². The second-order valence-electron chi connectivity index (χ2n) is 5.53. The number of halogens is 3. The highest BCUT2D eigenvalue weighted by Gasteiger charge is 2.22. The minimum atomic E-state index is -0.818. The molecule has 3 rings (SSSR count). The highest BCUT2D eigenvalue weighted by molar-refractivity contribution is 6.33. The molecule has 1 aromatic heterocycles. The Morgan fingerprint density at radius 3 is 2.30 bits per heavy atom. The molecule has 0 atom stereocenters. The maximum atomic E-state index is 13.6. The zero-order valence-corrected chi connectivity index (χ0v) is 14.7. The van der Waals surface area contributed by atoms with E-state index in [0.29, 0.717) is 11.4 Å². The normalized spacial score (nSPS) is 10.5. The Balaban J connectivity index is 1.78. The number of aryl methyl sites for hydroxylation is 1. The Morgan fingerprint density at radius 1 is 1.00 bits per heavy atom. The van der Waals surface area contributed by atoms with Gasteiger partial charge in [0.15, 0.2) is 0 Å². The van der Waals surface area contributed by atoms with Crippen LogP contribution in [-0.2, 0) is 0 Å². The molecule has 1 heterocycles. The average Bonchev–Trinajstić information content (AvgIpc) is 2.95. The van der Waals surface area contributed by atoms with Crippen molar-refractivity contribution in [1.82, 2.24) is 20.6 Å². The molecular formula is C18H13ClF2N4O2. The number of nitrogens with one attached hydrogen (secondary N) is 2. The summed E-state index contributed by atoms with van der Waals surface area (Å²) in [4.78, 5) is 24.4. The zero-order chi connectivity index (χ0) is 19.6. The number of hydrazine groups is 1. The highest BCUT2D eigenvalue weighted by Crippen LogP contribution is 2.23. The van der Waals surface area contributed by atoms with Gasteiger partial charge >= 0.3 is 0 Å². The SMILES string of the molecule is Cc1nn(-c2ccc(F)cc2)c(Cl)c1C(=O)NNC(=O)c1ccccc1F. The average molecular weight is 391 g/mol. The molecule has 0 spiro atoms. The molecule has 0 aliphatic carbocycles. The summed E-state index contributed by atoms with van der Waals surface area (Å²) in [5, 5.41) is 4.14. The monoisotopic (exact) mass is 390 g/mol. The van der Waals surface area contributed by atoms with Gasteiger partial charge < -0.3 is 0 Å². The predicted molar refractivity (Wildman–Crippen MR) is 94.6 cm³/mol. The van der Waals surface area contributed by atoms with Crippen molar-refractivity contribution in [2.75, 3.05) is 0 Å². The van der Waals surface area contributed by atoms with Crippen LogP contribution in [0, 0.1) is 18.6 Å². The third kappa shape index (κ3) is 3.80. The lowest BCUT2D eigenvalue weighted by molar-refractivity contribution is 0.0844. The summed E-state index contributed by atoms with van der Waals surface area (Å²) in [6, 6.07) is 10.7. The summed E-state index contributed by atoms with van der Waals surface area (Å²) >= 11 is 6.23. The highest BCUT2D eigenvalue weighted by atomic mass is 35.5. The Morgan fingerprint density at radius 2 is 1.63 bits per heavy atom. The number of amides is 2. The van der Waals surface area contributed by atoms with E-state index in [1.807, 2.05) is 0 Å². The van der Waals surface area contributed by atoms with Crippen molar-refractivity contribution in [2.24, 2.45) is 0 Å². The van der Waals surface area contributed by atoms with Crippen LogP contribution in [0.1, 0.15) is 26.4 Å². The molecule has 0 saturated heterocycles.